The number of Topliss-reactive ketones (excluding diaryl/α,β-unsaturated/α-hetero) is 1. The fraction of sp³-hybridized carbons (Fsp3) is 0.926. The predicted molar refractivity (Wildman–Crippen MR) is 136 cm³/mol. The molecular weight excluding hydrogens is 440 g/mol. The maximum Gasteiger partial charge on any atom is 0.315 e. The second-order valence-corrected chi connectivity index (χ2v) is 12.3. The third kappa shape index (κ3) is 6.56. The average molecular weight is 491 g/mol. The normalized spacial score (nSPS) is 38.7. The van der Waals surface area contributed by atoms with Crippen molar-refractivity contribution in [2.75, 3.05) is 58.9 Å². The number of rotatable bonds is 7. The number of nitrogens with zero attached hydrogens (tertiary/aromatic N) is 2. The maximum atomic E-state index is 12.5. The lowest BCUT2D eigenvalue weighted by Crippen LogP contribution is -3.20. The van der Waals surface area contributed by atoms with Crippen LogP contribution >= 0.6 is 0 Å². The van der Waals surface area contributed by atoms with Crippen LogP contribution in [0, 0.1) is 17.8 Å². The summed E-state index contributed by atoms with van der Waals surface area (Å²) < 4.78 is 0. The lowest BCUT2D eigenvalue weighted by atomic mass is 9.75. The Morgan fingerprint density at radius 2 is 1.80 bits per heavy atom. The Hall–Kier alpha value is -1.22. The summed E-state index contributed by atoms with van der Waals surface area (Å²) in [5, 5.41) is 8.94. The molecule has 6 aliphatic rings. The number of nitrogens with one attached hydrogen (secondary N) is 3. The van der Waals surface area contributed by atoms with Gasteiger partial charge in [0.2, 0.25) is 0 Å². The Morgan fingerprint density at radius 1 is 1.00 bits per heavy atom. The van der Waals surface area contributed by atoms with Crippen LogP contribution in [0.2, 0.25) is 0 Å². The van der Waals surface area contributed by atoms with Gasteiger partial charge in [0.05, 0.1) is 26.2 Å². The Kier molecular flexibility index (Phi) is 8.64. The van der Waals surface area contributed by atoms with E-state index in [1.807, 2.05) is 0 Å². The zero-order valence-electron chi connectivity index (χ0n) is 22.0. The van der Waals surface area contributed by atoms with Crippen molar-refractivity contribution >= 4 is 11.8 Å². The van der Waals surface area contributed by atoms with Crippen molar-refractivity contribution in [3.05, 3.63) is 0 Å². The predicted octanol–water partition coefficient (Wildman–Crippen LogP) is -0.582. The van der Waals surface area contributed by atoms with Gasteiger partial charge in [-0.25, -0.2) is 4.79 Å². The molecule has 35 heavy (non-hydrogen) atoms. The van der Waals surface area contributed by atoms with Crippen molar-refractivity contribution in [1.29, 1.82) is 0 Å². The molecule has 0 spiro atoms. The van der Waals surface area contributed by atoms with Crippen molar-refractivity contribution in [2.24, 2.45) is 17.8 Å². The largest absolute Gasteiger partial charge is 0.335 e. The molecule has 5 aliphatic heterocycles. The van der Waals surface area contributed by atoms with Gasteiger partial charge in [-0.3, -0.25) is 9.69 Å². The number of fused-ring (bicyclic) bond motifs is 3. The number of hydrogen-bond donors (Lipinski definition) is 4. The molecule has 6 fully saturated rings. The number of quaternary nitrogens is 2. The summed E-state index contributed by atoms with van der Waals surface area (Å²) in [6, 6.07) is 0.785. The number of amides is 2. The lowest BCUT2D eigenvalue weighted by molar-refractivity contribution is -0.945. The molecule has 0 aromatic rings. The monoisotopic (exact) mass is 490 g/mol. The summed E-state index contributed by atoms with van der Waals surface area (Å²) in [6.07, 6.45) is 11.2. The van der Waals surface area contributed by atoms with E-state index in [1.54, 1.807) is 11.8 Å². The molecule has 5 N–H and O–H groups in total. The summed E-state index contributed by atoms with van der Waals surface area (Å²) in [4.78, 5) is 31.3. The summed E-state index contributed by atoms with van der Waals surface area (Å²) in [6.45, 7) is 12.6. The number of carbonyl (C=O) groups excluding carboxylic acids is 2. The fourth-order valence-corrected chi connectivity index (χ4v) is 7.83. The van der Waals surface area contributed by atoms with E-state index in [2.05, 4.69) is 25.8 Å². The van der Waals surface area contributed by atoms with Crippen LogP contribution in [0.4, 0.5) is 4.79 Å². The molecule has 8 heteroatoms. The highest BCUT2D eigenvalue weighted by Gasteiger charge is 2.44. The van der Waals surface area contributed by atoms with Crippen LogP contribution in [0.1, 0.15) is 64.7 Å². The summed E-state index contributed by atoms with van der Waals surface area (Å²) in [5.41, 5.74) is 0. The molecule has 198 valence electrons. The van der Waals surface area contributed by atoms with Crippen molar-refractivity contribution in [3.63, 3.8) is 0 Å². The minimum absolute atomic E-state index is 0.0112. The quantitative estimate of drug-likeness (QED) is 0.385. The van der Waals surface area contributed by atoms with Crippen molar-refractivity contribution in [2.45, 2.75) is 83.0 Å². The van der Waals surface area contributed by atoms with Gasteiger partial charge in [0, 0.05) is 69.9 Å². The van der Waals surface area contributed by atoms with E-state index in [0.717, 1.165) is 50.2 Å². The molecule has 8 nitrogen and oxygen atoms in total. The first-order valence-corrected chi connectivity index (χ1v) is 14.7. The maximum absolute atomic E-state index is 12.5. The number of urea groups is 1. The van der Waals surface area contributed by atoms with E-state index < -0.39 is 0 Å². The summed E-state index contributed by atoms with van der Waals surface area (Å²) in [5.74, 6) is 2.16. The molecule has 6 rings (SSSR count). The van der Waals surface area contributed by atoms with Gasteiger partial charge in [-0.05, 0) is 51.4 Å². The van der Waals surface area contributed by atoms with Gasteiger partial charge in [-0.1, -0.05) is 0 Å². The number of ketones is 1. The van der Waals surface area contributed by atoms with Gasteiger partial charge in [-0.2, -0.15) is 0 Å². The van der Waals surface area contributed by atoms with Crippen LogP contribution in [0.3, 0.4) is 0 Å². The zero-order valence-corrected chi connectivity index (χ0v) is 22.0. The van der Waals surface area contributed by atoms with Crippen LogP contribution in [0.25, 0.3) is 0 Å². The summed E-state index contributed by atoms with van der Waals surface area (Å²) >= 11 is 0. The fourth-order valence-electron chi connectivity index (χ4n) is 7.83. The van der Waals surface area contributed by atoms with E-state index in [4.69, 9.17) is 0 Å². The Labute approximate surface area is 211 Å². The third-order valence-electron chi connectivity index (χ3n) is 10.1. The minimum atomic E-state index is -0.0112. The zero-order chi connectivity index (χ0) is 24.2. The van der Waals surface area contributed by atoms with E-state index in [9.17, 15) is 9.59 Å². The van der Waals surface area contributed by atoms with Gasteiger partial charge in [-0.15, -0.1) is 0 Å². The van der Waals surface area contributed by atoms with Crippen LogP contribution < -0.4 is 20.9 Å². The van der Waals surface area contributed by atoms with Crippen molar-refractivity contribution in [3.8, 4) is 0 Å². The molecule has 0 aromatic carbocycles. The number of carbonyl (C=O) groups is 2. The molecule has 0 radical (unpaired) electrons. The Bertz CT molecular complexity index is 712. The van der Waals surface area contributed by atoms with Crippen molar-refractivity contribution < 1.29 is 19.8 Å². The van der Waals surface area contributed by atoms with E-state index in [0.29, 0.717) is 11.8 Å². The number of piperidine rings is 4. The topological polar surface area (TPSA) is 85.7 Å². The number of piperazine rings is 1. The van der Waals surface area contributed by atoms with Crippen molar-refractivity contribution in [1.82, 2.24) is 20.4 Å². The standard InChI is InChI=1S/C27H48N6O2/c1-20(34)21-5-7-24(8-6-21)30-27(35)29-17-25-16-22-9-11-33(25)19-23(22)18-31-12-14-32(15-13-31)26-4-2-3-10-28-26/h21-26,28H,2-19H2,1H3,(H2,29,30,35)/p+2. The van der Waals surface area contributed by atoms with Gasteiger partial charge < -0.3 is 25.8 Å². The molecule has 1 aliphatic carbocycles. The molecule has 2 bridgehead atoms. The highest BCUT2D eigenvalue weighted by atomic mass is 16.2. The average Bonchev–Trinajstić information content (AvgIpc) is 2.89. The molecule has 5 unspecified atom stereocenters. The summed E-state index contributed by atoms with van der Waals surface area (Å²) in [7, 11) is 0. The molecule has 1 saturated carbocycles. The van der Waals surface area contributed by atoms with E-state index in [-0.39, 0.29) is 18.0 Å². The van der Waals surface area contributed by atoms with Gasteiger partial charge in [0.15, 0.2) is 0 Å². The van der Waals surface area contributed by atoms with Gasteiger partial charge >= 0.3 is 6.03 Å². The molecule has 5 atom stereocenters. The Balaban J connectivity index is 0.997. The SMILES string of the molecule is CC(=O)C1CCC(NC(=O)NCC2CC3CC[NH+]2CC3CN2CCN(C3CCCC[NH2+]3)CC2)CC1. The highest BCUT2D eigenvalue weighted by Crippen LogP contribution is 2.28. The first-order valence-electron chi connectivity index (χ1n) is 14.7. The second kappa shape index (κ2) is 11.9. The second-order valence-electron chi connectivity index (χ2n) is 12.3. The molecular formula is C27H50N6O2+2. The van der Waals surface area contributed by atoms with Gasteiger partial charge in [0.1, 0.15) is 18.0 Å². The first kappa shape index (κ1) is 25.4. The first-order chi connectivity index (χ1) is 17.0. The molecule has 0 aromatic heterocycles. The van der Waals surface area contributed by atoms with Crippen LogP contribution in [0.5, 0.6) is 0 Å². The Morgan fingerprint density at radius 3 is 2.46 bits per heavy atom. The molecule has 5 saturated heterocycles. The number of hydrogen-bond acceptors (Lipinski definition) is 4. The van der Waals surface area contributed by atoms with E-state index in [1.165, 1.54) is 84.5 Å². The lowest BCUT2D eigenvalue weighted by Gasteiger charge is -2.49. The smallest absolute Gasteiger partial charge is 0.315 e. The van der Waals surface area contributed by atoms with Crippen LogP contribution in [-0.4, -0.2) is 98.8 Å². The van der Waals surface area contributed by atoms with Gasteiger partial charge in [0.25, 0.3) is 0 Å². The third-order valence-corrected chi connectivity index (χ3v) is 10.1. The van der Waals surface area contributed by atoms with E-state index >= 15 is 0 Å². The molecule has 5 heterocycles. The van der Waals surface area contributed by atoms with Crippen LogP contribution in [0.15, 0.2) is 0 Å². The number of nitrogens with two attached hydrogens (primary N) is 1. The van der Waals surface area contributed by atoms with Crippen LogP contribution in [-0.2, 0) is 4.79 Å². The highest BCUT2D eigenvalue weighted by molar-refractivity contribution is 5.78. The molecule has 2 amide bonds. The minimum Gasteiger partial charge on any atom is -0.335 e.